The van der Waals surface area contributed by atoms with E-state index < -0.39 is 12.0 Å². The van der Waals surface area contributed by atoms with E-state index >= 15 is 0 Å². The van der Waals surface area contributed by atoms with Crippen molar-refractivity contribution < 1.29 is 14.3 Å². The molecule has 110 valence electrons. The van der Waals surface area contributed by atoms with Crippen LogP contribution in [0, 0.1) is 0 Å². The van der Waals surface area contributed by atoms with Crippen LogP contribution in [0.15, 0.2) is 18.3 Å². The quantitative estimate of drug-likeness (QED) is 0.832. The van der Waals surface area contributed by atoms with E-state index in [0.717, 1.165) is 18.4 Å². The van der Waals surface area contributed by atoms with Gasteiger partial charge in [0, 0.05) is 18.2 Å². The molecule has 0 spiro atoms. The van der Waals surface area contributed by atoms with Crippen LogP contribution in [-0.4, -0.2) is 30.2 Å². The molecule has 0 aliphatic heterocycles. The molecule has 1 aromatic heterocycles. The maximum absolute atomic E-state index is 11.4. The Morgan fingerprint density at radius 3 is 2.90 bits per heavy atom. The Balaban J connectivity index is 2.03. The predicted molar refractivity (Wildman–Crippen MR) is 75.4 cm³/mol. The van der Waals surface area contributed by atoms with E-state index in [1.165, 1.54) is 26.4 Å². The molecular weight excluding hydrogens is 256 g/mol. The molecule has 0 saturated heterocycles. The van der Waals surface area contributed by atoms with E-state index in [1.54, 1.807) is 6.20 Å². The van der Waals surface area contributed by atoms with Gasteiger partial charge in [-0.05, 0) is 31.7 Å². The molecule has 1 heterocycles. The van der Waals surface area contributed by atoms with Crippen molar-refractivity contribution in [1.29, 1.82) is 0 Å². The molecule has 1 aromatic rings. The minimum Gasteiger partial charge on any atom is -0.474 e. The lowest BCUT2D eigenvalue weighted by Gasteiger charge is -2.23. The lowest BCUT2D eigenvalue weighted by Crippen LogP contribution is -2.34. The van der Waals surface area contributed by atoms with Gasteiger partial charge in [0.05, 0.1) is 7.11 Å². The van der Waals surface area contributed by atoms with Crippen molar-refractivity contribution in [2.75, 3.05) is 7.11 Å². The average Bonchev–Trinajstić information content (AvgIpc) is 2.49. The van der Waals surface area contributed by atoms with Gasteiger partial charge < -0.3 is 15.2 Å². The lowest BCUT2D eigenvalue weighted by atomic mass is 9.98. The van der Waals surface area contributed by atoms with Crippen molar-refractivity contribution in [3.8, 4) is 5.88 Å². The Bertz CT molecular complexity index is 444. The Morgan fingerprint density at radius 1 is 1.45 bits per heavy atom. The summed E-state index contributed by atoms with van der Waals surface area (Å²) in [6.07, 6.45) is 8.13. The van der Waals surface area contributed by atoms with Gasteiger partial charge in [0.25, 0.3) is 0 Å². The van der Waals surface area contributed by atoms with E-state index in [4.69, 9.17) is 10.5 Å². The zero-order valence-corrected chi connectivity index (χ0v) is 11.9. The van der Waals surface area contributed by atoms with Gasteiger partial charge in [-0.25, -0.2) is 4.98 Å². The predicted octanol–water partition coefficient (Wildman–Crippen LogP) is 1.84. The fourth-order valence-electron chi connectivity index (χ4n) is 2.50. The first-order valence-corrected chi connectivity index (χ1v) is 7.14. The summed E-state index contributed by atoms with van der Waals surface area (Å²) in [5, 5.41) is 0. The molecule has 2 rings (SSSR count). The van der Waals surface area contributed by atoms with Crippen molar-refractivity contribution in [3.05, 3.63) is 23.9 Å². The van der Waals surface area contributed by atoms with Crippen LogP contribution >= 0.6 is 0 Å². The van der Waals surface area contributed by atoms with Gasteiger partial charge in [0.2, 0.25) is 5.88 Å². The van der Waals surface area contributed by atoms with E-state index in [9.17, 15) is 4.79 Å². The Kier molecular flexibility index (Phi) is 5.35. The number of rotatable bonds is 5. The molecular formula is C15H22N2O3. The first-order chi connectivity index (χ1) is 9.70. The van der Waals surface area contributed by atoms with Crippen molar-refractivity contribution in [2.45, 2.75) is 50.7 Å². The number of nitrogens with zero attached hydrogens (tertiary/aromatic N) is 1. The highest BCUT2D eigenvalue weighted by molar-refractivity contribution is 5.75. The van der Waals surface area contributed by atoms with E-state index in [2.05, 4.69) is 9.72 Å². The normalized spacial score (nSPS) is 17.5. The van der Waals surface area contributed by atoms with Gasteiger partial charge in [-0.15, -0.1) is 0 Å². The first kappa shape index (κ1) is 14.8. The lowest BCUT2D eigenvalue weighted by molar-refractivity contribution is -0.142. The van der Waals surface area contributed by atoms with Gasteiger partial charge in [0.15, 0.2) is 0 Å². The van der Waals surface area contributed by atoms with Crippen LogP contribution in [0.3, 0.4) is 0 Å². The van der Waals surface area contributed by atoms with Crippen molar-refractivity contribution in [1.82, 2.24) is 4.98 Å². The van der Waals surface area contributed by atoms with E-state index in [1.807, 2.05) is 12.1 Å². The summed E-state index contributed by atoms with van der Waals surface area (Å²) in [5.41, 5.74) is 6.66. The molecule has 5 heteroatoms. The summed E-state index contributed by atoms with van der Waals surface area (Å²) in [4.78, 5) is 15.7. The third kappa shape index (κ3) is 3.93. The zero-order valence-electron chi connectivity index (χ0n) is 11.9. The number of carbonyl (C=O) groups excluding carboxylic acids is 1. The molecule has 1 atom stereocenters. The summed E-state index contributed by atoms with van der Waals surface area (Å²) >= 11 is 0. The third-order valence-corrected chi connectivity index (χ3v) is 3.62. The molecule has 1 aliphatic carbocycles. The van der Waals surface area contributed by atoms with Crippen LogP contribution in [0.4, 0.5) is 0 Å². The van der Waals surface area contributed by atoms with Crippen molar-refractivity contribution in [3.63, 3.8) is 0 Å². The summed E-state index contributed by atoms with van der Waals surface area (Å²) < 4.78 is 10.6. The van der Waals surface area contributed by atoms with E-state index in [-0.39, 0.29) is 6.10 Å². The van der Waals surface area contributed by atoms with Gasteiger partial charge >= 0.3 is 5.97 Å². The monoisotopic (exact) mass is 278 g/mol. The molecule has 1 aliphatic rings. The minimum atomic E-state index is -0.682. The highest BCUT2D eigenvalue weighted by Gasteiger charge is 2.20. The topological polar surface area (TPSA) is 74.4 Å². The second-order valence-electron chi connectivity index (χ2n) is 5.18. The van der Waals surface area contributed by atoms with Gasteiger partial charge in [-0.2, -0.15) is 0 Å². The zero-order chi connectivity index (χ0) is 14.4. The number of esters is 1. The van der Waals surface area contributed by atoms with Crippen LogP contribution in [-0.2, 0) is 16.0 Å². The fourth-order valence-corrected chi connectivity index (χ4v) is 2.50. The summed E-state index contributed by atoms with van der Waals surface area (Å²) in [7, 11) is 1.34. The van der Waals surface area contributed by atoms with Gasteiger partial charge in [0.1, 0.15) is 12.1 Å². The molecule has 20 heavy (non-hydrogen) atoms. The number of carbonyl (C=O) groups is 1. The first-order valence-electron chi connectivity index (χ1n) is 7.14. The van der Waals surface area contributed by atoms with Crippen molar-refractivity contribution in [2.24, 2.45) is 5.73 Å². The van der Waals surface area contributed by atoms with E-state index in [0.29, 0.717) is 12.3 Å². The van der Waals surface area contributed by atoms with Crippen LogP contribution in [0.2, 0.25) is 0 Å². The summed E-state index contributed by atoms with van der Waals surface area (Å²) in [6.45, 7) is 0. The largest absolute Gasteiger partial charge is 0.474 e. The summed E-state index contributed by atoms with van der Waals surface area (Å²) in [6, 6.07) is 3.04. The number of hydrogen-bond donors (Lipinski definition) is 1. The third-order valence-electron chi connectivity index (χ3n) is 3.62. The molecule has 0 aromatic carbocycles. The van der Waals surface area contributed by atoms with Crippen LogP contribution in [0.1, 0.15) is 37.7 Å². The molecule has 1 unspecified atom stereocenters. The number of methoxy groups -OCH3 is 1. The van der Waals surface area contributed by atoms with Crippen LogP contribution in [0.5, 0.6) is 5.88 Å². The Hall–Kier alpha value is -1.62. The summed E-state index contributed by atoms with van der Waals surface area (Å²) in [5.74, 6) is 0.177. The average molecular weight is 278 g/mol. The highest BCUT2D eigenvalue weighted by Crippen LogP contribution is 2.24. The highest BCUT2D eigenvalue weighted by atomic mass is 16.5. The molecule has 0 radical (unpaired) electrons. The SMILES string of the molecule is COC(=O)C(N)Cc1cccnc1OC1CCCCC1. The molecule has 0 bridgehead atoms. The number of hydrogen-bond acceptors (Lipinski definition) is 5. The minimum absolute atomic E-state index is 0.228. The Morgan fingerprint density at radius 2 is 2.20 bits per heavy atom. The molecule has 2 N–H and O–H groups in total. The second-order valence-corrected chi connectivity index (χ2v) is 5.18. The fraction of sp³-hybridized carbons (Fsp3) is 0.600. The van der Waals surface area contributed by atoms with Gasteiger partial charge in [-0.3, -0.25) is 4.79 Å². The van der Waals surface area contributed by atoms with Gasteiger partial charge in [-0.1, -0.05) is 12.5 Å². The van der Waals surface area contributed by atoms with Crippen molar-refractivity contribution >= 4 is 5.97 Å². The number of pyridine rings is 1. The number of aromatic nitrogens is 1. The molecule has 1 fully saturated rings. The second kappa shape index (κ2) is 7.24. The standard InChI is InChI=1S/C15H22N2O3/c1-19-15(18)13(16)10-11-6-5-9-17-14(11)20-12-7-3-2-4-8-12/h5-6,9,12-13H,2-4,7-8,10,16H2,1H3. The number of nitrogens with two attached hydrogens (primary N) is 1. The maximum Gasteiger partial charge on any atom is 0.322 e. The smallest absolute Gasteiger partial charge is 0.322 e. The maximum atomic E-state index is 11.4. The van der Waals surface area contributed by atoms with Crippen LogP contribution < -0.4 is 10.5 Å². The Labute approximate surface area is 119 Å². The molecule has 5 nitrogen and oxygen atoms in total. The number of ether oxygens (including phenoxy) is 2. The van der Waals surface area contributed by atoms with Crippen LogP contribution in [0.25, 0.3) is 0 Å². The molecule has 1 saturated carbocycles. The molecule has 0 amide bonds.